The molecule has 0 aliphatic heterocycles. The molecule has 118 valence electrons. The van der Waals surface area contributed by atoms with E-state index in [1.54, 1.807) is 7.11 Å². The van der Waals surface area contributed by atoms with Crippen molar-refractivity contribution in [2.45, 2.75) is 19.8 Å². The van der Waals surface area contributed by atoms with E-state index in [0.717, 1.165) is 28.5 Å². The lowest BCUT2D eigenvalue weighted by molar-refractivity contribution is 0.405. The zero-order chi connectivity index (χ0) is 16.1. The molecule has 0 saturated carbocycles. The summed E-state index contributed by atoms with van der Waals surface area (Å²) in [6.07, 6.45) is 0. The van der Waals surface area contributed by atoms with Gasteiger partial charge in [0.15, 0.2) is 0 Å². The Bertz CT molecular complexity index is 607. The van der Waals surface area contributed by atoms with Crippen molar-refractivity contribution in [2.75, 3.05) is 26.6 Å². The fourth-order valence-corrected chi connectivity index (χ4v) is 2.22. The number of hydrogen-bond donors (Lipinski definition) is 1. The van der Waals surface area contributed by atoms with Crippen LogP contribution in [-0.2, 0) is 0 Å². The van der Waals surface area contributed by atoms with E-state index in [-0.39, 0.29) is 0 Å². The van der Waals surface area contributed by atoms with Crippen molar-refractivity contribution in [1.82, 2.24) is 5.01 Å². The van der Waals surface area contributed by atoms with Crippen molar-refractivity contribution in [3.8, 4) is 17.2 Å². The molecule has 0 unspecified atom stereocenters. The molecular formula is C18H24N2O2. The molecule has 2 aromatic carbocycles. The summed E-state index contributed by atoms with van der Waals surface area (Å²) < 4.78 is 11.3. The molecule has 0 aromatic heterocycles. The highest BCUT2D eigenvalue weighted by Crippen LogP contribution is 2.32. The number of anilines is 1. The maximum atomic E-state index is 5.93. The molecule has 1 N–H and O–H groups in total. The number of rotatable bonds is 6. The zero-order valence-corrected chi connectivity index (χ0v) is 13.9. The lowest BCUT2D eigenvalue weighted by atomic mass is 10.0. The Morgan fingerprint density at radius 2 is 1.59 bits per heavy atom. The number of hydrazine groups is 1. The minimum Gasteiger partial charge on any atom is -0.496 e. The van der Waals surface area contributed by atoms with Crippen molar-refractivity contribution in [1.29, 1.82) is 0 Å². The van der Waals surface area contributed by atoms with Gasteiger partial charge in [0.25, 0.3) is 0 Å². The van der Waals surface area contributed by atoms with Gasteiger partial charge in [0.1, 0.15) is 17.2 Å². The molecule has 4 heteroatoms. The van der Waals surface area contributed by atoms with Gasteiger partial charge in [0, 0.05) is 25.3 Å². The third-order valence-electron chi connectivity index (χ3n) is 3.27. The summed E-state index contributed by atoms with van der Waals surface area (Å²) in [4.78, 5) is 0. The molecule has 0 fully saturated rings. The van der Waals surface area contributed by atoms with Gasteiger partial charge >= 0.3 is 0 Å². The van der Waals surface area contributed by atoms with E-state index < -0.39 is 0 Å². The highest BCUT2D eigenvalue weighted by Gasteiger charge is 2.09. The van der Waals surface area contributed by atoms with E-state index in [1.165, 1.54) is 0 Å². The van der Waals surface area contributed by atoms with E-state index in [9.17, 15) is 0 Å². The second-order valence-corrected chi connectivity index (χ2v) is 5.69. The van der Waals surface area contributed by atoms with Crippen LogP contribution in [0.3, 0.4) is 0 Å². The molecule has 4 nitrogen and oxygen atoms in total. The quantitative estimate of drug-likeness (QED) is 0.796. The van der Waals surface area contributed by atoms with Crippen LogP contribution >= 0.6 is 0 Å². The monoisotopic (exact) mass is 300 g/mol. The van der Waals surface area contributed by atoms with Crippen molar-refractivity contribution in [3.05, 3.63) is 48.0 Å². The Labute approximate surface area is 132 Å². The summed E-state index contributed by atoms with van der Waals surface area (Å²) in [6, 6.07) is 13.8. The van der Waals surface area contributed by atoms with Gasteiger partial charge in [-0.25, -0.2) is 5.01 Å². The fraction of sp³-hybridized carbons (Fsp3) is 0.333. The van der Waals surface area contributed by atoms with Crippen LogP contribution in [0, 0.1) is 0 Å². The summed E-state index contributed by atoms with van der Waals surface area (Å²) in [7, 11) is 5.60. The van der Waals surface area contributed by atoms with Gasteiger partial charge in [-0.15, -0.1) is 0 Å². The molecule has 0 heterocycles. The fourth-order valence-electron chi connectivity index (χ4n) is 2.22. The molecule has 0 atom stereocenters. The summed E-state index contributed by atoms with van der Waals surface area (Å²) in [6.45, 7) is 4.28. The summed E-state index contributed by atoms with van der Waals surface area (Å²) in [5.41, 5.74) is 5.36. The normalized spacial score (nSPS) is 10.9. The van der Waals surface area contributed by atoms with Crippen LogP contribution in [-0.4, -0.2) is 26.2 Å². The van der Waals surface area contributed by atoms with Gasteiger partial charge in [-0.2, -0.15) is 0 Å². The number of methoxy groups -OCH3 is 1. The average molecular weight is 300 g/mol. The van der Waals surface area contributed by atoms with E-state index in [4.69, 9.17) is 9.47 Å². The first-order valence-electron chi connectivity index (χ1n) is 7.39. The predicted octanol–water partition coefficient (Wildman–Crippen LogP) is 4.50. The molecule has 0 aliphatic rings. The average Bonchev–Trinajstić information content (AvgIpc) is 2.48. The van der Waals surface area contributed by atoms with Gasteiger partial charge in [-0.3, -0.25) is 0 Å². The number of nitrogens with zero attached hydrogens (tertiary/aromatic N) is 1. The highest BCUT2D eigenvalue weighted by atomic mass is 16.5. The molecule has 0 bridgehead atoms. The second-order valence-electron chi connectivity index (χ2n) is 5.69. The lowest BCUT2D eigenvalue weighted by Crippen LogP contribution is -2.19. The Morgan fingerprint density at radius 3 is 2.14 bits per heavy atom. The second kappa shape index (κ2) is 7.18. The van der Waals surface area contributed by atoms with Crippen LogP contribution in [0.25, 0.3) is 0 Å². The topological polar surface area (TPSA) is 33.7 Å². The predicted molar refractivity (Wildman–Crippen MR) is 90.9 cm³/mol. The first-order chi connectivity index (χ1) is 10.5. The number of nitrogens with one attached hydrogen (secondary N) is 1. The van der Waals surface area contributed by atoms with Crippen molar-refractivity contribution in [2.24, 2.45) is 0 Å². The first kappa shape index (κ1) is 16.2. The Morgan fingerprint density at radius 1 is 0.955 bits per heavy atom. The molecule has 2 aromatic rings. The minimum absolute atomic E-state index is 0.380. The van der Waals surface area contributed by atoms with Crippen LogP contribution < -0.4 is 14.9 Å². The van der Waals surface area contributed by atoms with Crippen LogP contribution in [0.5, 0.6) is 17.2 Å². The summed E-state index contributed by atoms with van der Waals surface area (Å²) in [5, 5.41) is 1.90. The first-order valence-corrected chi connectivity index (χ1v) is 7.39. The van der Waals surface area contributed by atoms with Crippen molar-refractivity contribution in [3.63, 3.8) is 0 Å². The maximum Gasteiger partial charge on any atom is 0.127 e. The molecule has 0 amide bonds. The van der Waals surface area contributed by atoms with Crippen LogP contribution in [0.1, 0.15) is 25.3 Å². The van der Waals surface area contributed by atoms with E-state index in [0.29, 0.717) is 5.92 Å². The van der Waals surface area contributed by atoms with Gasteiger partial charge in [0.2, 0.25) is 0 Å². The van der Waals surface area contributed by atoms with Gasteiger partial charge < -0.3 is 14.9 Å². The summed E-state index contributed by atoms with van der Waals surface area (Å²) in [5.74, 6) is 2.90. The Kier molecular flexibility index (Phi) is 5.28. The van der Waals surface area contributed by atoms with Crippen LogP contribution in [0.2, 0.25) is 0 Å². The van der Waals surface area contributed by atoms with Crippen LogP contribution in [0.15, 0.2) is 42.5 Å². The van der Waals surface area contributed by atoms with E-state index in [2.05, 4.69) is 19.3 Å². The van der Waals surface area contributed by atoms with Crippen molar-refractivity contribution >= 4 is 5.69 Å². The van der Waals surface area contributed by atoms with E-state index >= 15 is 0 Å². The Balaban J connectivity index is 2.15. The molecule has 0 saturated heterocycles. The van der Waals surface area contributed by atoms with Crippen molar-refractivity contribution < 1.29 is 9.47 Å². The number of benzene rings is 2. The lowest BCUT2D eigenvalue weighted by Gasteiger charge is -2.15. The largest absolute Gasteiger partial charge is 0.496 e. The third-order valence-corrected chi connectivity index (χ3v) is 3.27. The molecular weight excluding hydrogens is 276 g/mol. The highest BCUT2D eigenvalue weighted by molar-refractivity contribution is 5.48. The zero-order valence-electron chi connectivity index (χ0n) is 13.9. The molecule has 0 aliphatic carbocycles. The third kappa shape index (κ3) is 4.15. The van der Waals surface area contributed by atoms with Crippen LogP contribution in [0.4, 0.5) is 5.69 Å². The Hall–Kier alpha value is -2.20. The molecule has 22 heavy (non-hydrogen) atoms. The van der Waals surface area contributed by atoms with Gasteiger partial charge in [-0.05, 0) is 48.4 Å². The van der Waals surface area contributed by atoms with E-state index in [1.807, 2.05) is 61.6 Å². The molecule has 2 rings (SSSR count). The smallest absolute Gasteiger partial charge is 0.127 e. The number of hydrogen-bond acceptors (Lipinski definition) is 4. The minimum atomic E-state index is 0.380. The number of ether oxygens (including phenoxy) is 2. The standard InChI is InChI=1S/C18H24N2O2/c1-13(2)17-12-16(10-11-18(17)21-5)22-15-8-6-14(7-9-15)19-20(3)4/h6-13,19H,1-5H3. The molecule has 0 radical (unpaired) electrons. The SMILES string of the molecule is COc1ccc(Oc2ccc(NN(C)C)cc2)cc1C(C)C. The van der Waals surface area contributed by atoms with Gasteiger partial charge in [0.05, 0.1) is 7.11 Å². The summed E-state index contributed by atoms with van der Waals surface area (Å²) >= 11 is 0. The molecule has 0 spiro atoms. The maximum absolute atomic E-state index is 5.93. The van der Waals surface area contributed by atoms with Gasteiger partial charge in [-0.1, -0.05) is 13.8 Å².